The van der Waals surface area contributed by atoms with Gasteiger partial charge in [0.05, 0.1) is 30.3 Å². The summed E-state index contributed by atoms with van der Waals surface area (Å²) in [5.74, 6) is 1.03. The summed E-state index contributed by atoms with van der Waals surface area (Å²) in [6.45, 7) is 5.98. The van der Waals surface area contributed by atoms with E-state index in [0.717, 1.165) is 31.9 Å². The highest BCUT2D eigenvalue weighted by molar-refractivity contribution is 6.00. The zero-order chi connectivity index (χ0) is 16.7. The third kappa shape index (κ3) is 4.67. The van der Waals surface area contributed by atoms with Crippen molar-refractivity contribution in [3.8, 4) is 5.75 Å². The number of rotatable bonds is 7. The van der Waals surface area contributed by atoms with Crippen LogP contribution in [0.2, 0.25) is 0 Å². The van der Waals surface area contributed by atoms with Gasteiger partial charge in [-0.05, 0) is 25.5 Å². The van der Waals surface area contributed by atoms with Crippen molar-refractivity contribution in [1.82, 2.24) is 10.7 Å². The van der Waals surface area contributed by atoms with Gasteiger partial charge in [-0.25, -0.2) is 0 Å². The van der Waals surface area contributed by atoms with Gasteiger partial charge in [-0.3, -0.25) is 20.4 Å². The van der Waals surface area contributed by atoms with Gasteiger partial charge < -0.3 is 4.74 Å². The molecule has 1 aliphatic rings. The average molecular weight is 320 g/mol. The highest BCUT2D eigenvalue weighted by Gasteiger charge is 2.17. The number of unbranched alkanes of at least 4 members (excludes halogenated alkanes) is 1. The second kappa shape index (κ2) is 8.11. The summed E-state index contributed by atoms with van der Waals surface area (Å²) in [5, 5.41) is 18.6. The van der Waals surface area contributed by atoms with Crippen LogP contribution in [0.4, 0.5) is 5.69 Å². The molecule has 0 atom stereocenters. The van der Waals surface area contributed by atoms with E-state index in [9.17, 15) is 10.1 Å². The highest BCUT2D eigenvalue weighted by atomic mass is 16.6. The molecule has 0 saturated carbocycles. The van der Waals surface area contributed by atoms with Crippen LogP contribution in [0.3, 0.4) is 0 Å². The lowest BCUT2D eigenvalue weighted by molar-refractivity contribution is -0.446. The number of nitrogens with one attached hydrogen (secondary N) is 3. The Morgan fingerprint density at radius 3 is 3.04 bits per heavy atom. The van der Waals surface area contributed by atoms with E-state index in [4.69, 9.17) is 4.74 Å². The van der Waals surface area contributed by atoms with Crippen LogP contribution in [0.1, 0.15) is 32.3 Å². The second-order valence-corrected chi connectivity index (χ2v) is 5.18. The van der Waals surface area contributed by atoms with Gasteiger partial charge >= 0.3 is 11.6 Å². The van der Waals surface area contributed by atoms with Gasteiger partial charge in [-0.1, -0.05) is 13.3 Å². The first-order chi connectivity index (χ1) is 11.1. The van der Waals surface area contributed by atoms with E-state index in [1.165, 1.54) is 6.07 Å². The van der Waals surface area contributed by atoms with Crippen molar-refractivity contribution >= 4 is 17.4 Å². The molecule has 1 aromatic rings. The van der Waals surface area contributed by atoms with E-state index in [1.807, 2.05) is 6.92 Å². The molecule has 0 fully saturated rings. The van der Waals surface area contributed by atoms with E-state index in [2.05, 4.69) is 20.8 Å². The third-order valence-corrected chi connectivity index (χ3v) is 3.39. The maximum absolute atomic E-state index is 11.2. The zero-order valence-corrected chi connectivity index (χ0v) is 13.4. The molecule has 8 nitrogen and oxygen atoms in total. The summed E-state index contributed by atoms with van der Waals surface area (Å²) in [4.78, 5) is 13.9. The topological polar surface area (TPSA) is 103 Å². The normalized spacial score (nSPS) is 14.2. The number of hydrazone groups is 1. The van der Waals surface area contributed by atoms with Gasteiger partial charge in [0, 0.05) is 11.6 Å². The molecule has 1 aliphatic heterocycles. The SMILES string of the molecule is CCCCOc1ccc(/C(C)=N\NC2=[NH+]CCN2)cc1[N+](=O)[O-]. The molecule has 0 amide bonds. The minimum absolute atomic E-state index is 0.0436. The predicted octanol–water partition coefficient (Wildman–Crippen LogP) is 0.127. The van der Waals surface area contributed by atoms with Gasteiger partial charge in [-0.15, -0.1) is 5.10 Å². The molecule has 2 rings (SSSR count). The van der Waals surface area contributed by atoms with Crippen LogP contribution in [0, 0.1) is 10.1 Å². The lowest BCUT2D eigenvalue weighted by atomic mass is 10.1. The van der Waals surface area contributed by atoms with Gasteiger partial charge in [0.25, 0.3) is 0 Å². The summed E-state index contributed by atoms with van der Waals surface area (Å²) >= 11 is 0. The van der Waals surface area contributed by atoms with Crippen LogP contribution in [-0.4, -0.2) is 36.3 Å². The quantitative estimate of drug-likeness (QED) is 0.287. The maximum atomic E-state index is 11.2. The number of hydrogen-bond donors (Lipinski definition) is 3. The minimum atomic E-state index is -0.430. The number of nitro benzene ring substituents is 1. The molecule has 1 heterocycles. The van der Waals surface area contributed by atoms with Crippen molar-refractivity contribution in [1.29, 1.82) is 0 Å². The fourth-order valence-electron chi connectivity index (χ4n) is 2.05. The molecule has 23 heavy (non-hydrogen) atoms. The van der Waals surface area contributed by atoms with Crippen molar-refractivity contribution in [3.63, 3.8) is 0 Å². The van der Waals surface area contributed by atoms with Crippen LogP contribution >= 0.6 is 0 Å². The largest absolute Gasteiger partial charge is 0.487 e. The molecule has 0 aliphatic carbocycles. The lowest BCUT2D eigenvalue weighted by Crippen LogP contribution is -2.73. The average Bonchev–Trinajstić information content (AvgIpc) is 3.06. The molecule has 1 aromatic carbocycles. The number of ether oxygens (including phenoxy) is 1. The zero-order valence-electron chi connectivity index (χ0n) is 13.4. The molecule has 0 bridgehead atoms. The minimum Gasteiger partial charge on any atom is -0.487 e. The van der Waals surface area contributed by atoms with E-state index in [1.54, 1.807) is 19.1 Å². The van der Waals surface area contributed by atoms with Crippen LogP contribution in [0.25, 0.3) is 0 Å². The van der Waals surface area contributed by atoms with E-state index in [0.29, 0.717) is 23.6 Å². The van der Waals surface area contributed by atoms with Gasteiger partial charge in [0.1, 0.15) is 0 Å². The van der Waals surface area contributed by atoms with Gasteiger partial charge in [0.15, 0.2) is 5.75 Å². The van der Waals surface area contributed by atoms with Crippen molar-refractivity contribution in [3.05, 3.63) is 33.9 Å². The predicted molar refractivity (Wildman–Crippen MR) is 87.7 cm³/mol. The van der Waals surface area contributed by atoms with Gasteiger partial charge in [-0.2, -0.15) is 5.43 Å². The molecule has 0 spiro atoms. The first-order valence-electron chi connectivity index (χ1n) is 7.68. The Kier molecular flexibility index (Phi) is 5.90. The van der Waals surface area contributed by atoms with E-state index >= 15 is 0 Å². The molecule has 0 saturated heterocycles. The van der Waals surface area contributed by atoms with Crippen molar-refractivity contribution in [2.75, 3.05) is 19.7 Å². The summed E-state index contributed by atoms with van der Waals surface area (Å²) in [5.41, 5.74) is 4.14. The molecule has 3 N–H and O–H groups in total. The monoisotopic (exact) mass is 320 g/mol. The molecule has 0 unspecified atom stereocenters. The van der Waals surface area contributed by atoms with Crippen molar-refractivity contribution in [2.24, 2.45) is 5.10 Å². The summed E-state index contributed by atoms with van der Waals surface area (Å²) in [6.07, 6.45) is 1.84. The van der Waals surface area contributed by atoms with E-state index in [-0.39, 0.29) is 5.69 Å². The van der Waals surface area contributed by atoms with E-state index < -0.39 is 4.92 Å². The molecule has 0 aromatic heterocycles. The van der Waals surface area contributed by atoms with Crippen LogP contribution in [0.15, 0.2) is 23.3 Å². The first-order valence-corrected chi connectivity index (χ1v) is 7.68. The summed E-state index contributed by atoms with van der Waals surface area (Å²) in [7, 11) is 0. The molecule has 0 radical (unpaired) electrons. The Hall–Kier alpha value is -2.64. The lowest BCUT2D eigenvalue weighted by Gasteiger charge is -2.07. The molecular formula is C15H22N5O3+. The summed E-state index contributed by atoms with van der Waals surface area (Å²) in [6, 6.07) is 4.89. The van der Waals surface area contributed by atoms with Crippen LogP contribution in [0.5, 0.6) is 5.75 Å². The number of hydrogen-bond acceptors (Lipinski definition) is 6. The molecule has 124 valence electrons. The van der Waals surface area contributed by atoms with Crippen molar-refractivity contribution in [2.45, 2.75) is 26.7 Å². The fourth-order valence-corrected chi connectivity index (χ4v) is 2.05. The van der Waals surface area contributed by atoms with Crippen LogP contribution < -0.4 is 20.5 Å². The Morgan fingerprint density at radius 1 is 1.57 bits per heavy atom. The highest BCUT2D eigenvalue weighted by Crippen LogP contribution is 2.28. The molecular weight excluding hydrogens is 298 g/mol. The maximum Gasteiger partial charge on any atom is 0.367 e. The smallest absolute Gasteiger partial charge is 0.367 e. The number of guanidine groups is 1. The fraction of sp³-hybridized carbons (Fsp3) is 0.467. The Labute approximate surface area is 134 Å². The van der Waals surface area contributed by atoms with Gasteiger partial charge in [0.2, 0.25) is 0 Å². The standard InChI is InChI=1S/C15H21N5O3/c1-3-4-9-23-14-6-5-12(10-13(14)20(21)22)11(2)18-19-15-16-7-8-17-15/h5-6,10H,3-4,7-9H2,1-2H3,(H2,16,17,19)/p+1/b18-11-. The summed E-state index contributed by atoms with van der Waals surface area (Å²) < 4.78 is 5.49. The Morgan fingerprint density at radius 2 is 2.39 bits per heavy atom. The number of benzene rings is 1. The second-order valence-electron chi connectivity index (χ2n) is 5.18. The third-order valence-electron chi connectivity index (χ3n) is 3.39. The Bertz CT molecular complexity index is 628. The molecule has 8 heteroatoms. The Balaban J connectivity index is 2.13. The number of nitrogens with zero attached hydrogens (tertiary/aromatic N) is 2. The van der Waals surface area contributed by atoms with Crippen LogP contribution in [-0.2, 0) is 0 Å². The van der Waals surface area contributed by atoms with Crippen molar-refractivity contribution < 1.29 is 14.7 Å². The first kappa shape index (κ1) is 16.7. The number of nitro groups is 1.